The maximum atomic E-state index is 9.84. The fraction of sp³-hybridized carbons (Fsp3) is 0.600. The van der Waals surface area contributed by atoms with Crippen molar-refractivity contribution in [3.05, 3.63) is 47.6 Å². The lowest BCUT2D eigenvalue weighted by molar-refractivity contribution is 0.103. The molecule has 1 nitrogen and oxygen atoms in total. The Bertz CT molecular complexity index is 390. The number of hydrogen-bond donors (Lipinski definition) is 1. The molecule has 120 valence electrons. The zero-order valence-electron chi connectivity index (χ0n) is 14.7. The lowest BCUT2D eigenvalue weighted by Crippen LogP contribution is -2.19. The number of rotatable bonds is 10. The van der Waals surface area contributed by atoms with Crippen LogP contribution in [0.2, 0.25) is 0 Å². The van der Waals surface area contributed by atoms with Gasteiger partial charge in [0.25, 0.3) is 0 Å². The predicted molar refractivity (Wildman–Crippen MR) is 95.5 cm³/mol. The highest BCUT2D eigenvalue weighted by Gasteiger charge is 2.13. The summed E-state index contributed by atoms with van der Waals surface area (Å²) in [5, 5.41) is 9.84. The van der Waals surface area contributed by atoms with Gasteiger partial charge in [0.2, 0.25) is 0 Å². The van der Waals surface area contributed by atoms with Crippen LogP contribution in [-0.2, 0) is 0 Å². The second kappa shape index (κ2) is 10.6. The molecule has 0 aromatic rings. The van der Waals surface area contributed by atoms with Crippen LogP contribution in [-0.4, -0.2) is 10.7 Å². The molecule has 1 heteroatoms. The van der Waals surface area contributed by atoms with Crippen LogP contribution in [0, 0.1) is 0 Å². The van der Waals surface area contributed by atoms with Crippen molar-refractivity contribution in [1.29, 1.82) is 0 Å². The molecule has 0 bridgehead atoms. The summed E-state index contributed by atoms with van der Waals surface area (Å²) in [6.45, 7) is 14.2. The average molecular weight is 290 g/mol. The van der Waals surface area contributed by atoms with E-state index < -0.39 is 5.60 Å². The monoisotopic (exact) mass is 290 g/mol. The van der Waals surface area contributed by atoms with Crippen molar-refractivity contribution in [2.24, 2.45) is 0 Å². The standard InChI is InChI=1S/C20H34O/c1-7-20(6,21)16-10-15-19(5)14-9-13-18(4)12-8-11-17(2)3/h7,11,13,15,21H,1,8-10,12,14,16H2,2-6H3/b18-13-,19-15+. The van der Waals surface area contributed by atoms with E-state index in [2.05, 4.69) is 52.5 Å². The van der Waals surface area contributed by atoms with Crippen molar-refractivity contribution in [1.82, 2.24) is 0 Å². The maximum absolute atomic E-state index is 9.84. The molecular formula is C20H34O. The van der Waals surface area contributed by atoms with Gasteiger partial charge in [-0.2, -0.15) is 0 Å². The molecular weight excluding hydrogens is 256 g/mol. The number of aliphatic hydroxyl groups is 1. The Hall–Kier alpha value is -1.08. The molecule has 0 fully saturated rings. The minimum absolute atomic E-state index is 0.738. The molecule has 0 heterocycles. The molecule has 0 aliphatic rings. The maximum Gasteiger partial charge on any atom is 0.0800 e. The first-order valence-corrected chi connectivity index (χ1v) is 8.07. The fourth-order valence-electron chi connectivity index (χ4n) is 2.05. The Kier molecular flexibility index (Phi) is 10.1. The van der Waals surface area contributed by atoms with Gasteiger partial charge in [0, 0.05) is 0 Å². The lowest BCUT2D eigenvalue weighted by atomic mass is 9.99. The van der Waals surface area contributed by atoms with Crippen LogP contribution in [0.1, 0.15) is 73.1 Å². The van der Waals surface area contributed by atoms with Gasteiger partial charge in [-0.1, -0.05) is 41.0 Å². The van der Waals surface area contributed by atoms with Gasteiger partial charge in [0.05, 0.1) is 5.60 Å². The van der Waals surface area contributed by atoms with Crippen molar-refractivity contribution in [3.63, 3.8) is 0 Å². The summed E-state index contributed by atoms with van der Waals surface area (Å²) in [6, 6.07) is 0. The second-order valence-corrected chi connectivity index (χ2v) is 6.56. The summed E-state index contributed by atoms with van der Waals surface area (Å²) >= 11 is 0. The summed E-state index contributed by atoms with van der Waals surface area (Å²) in [6.07, 6.45) is 14.7. The van der Waals surface area contributed by atoms with E-state index in [1.54, 1.807) is 6.08 Å². The predicted octanol–water partition coefficient (Wildman–Crippen LogP) is 6.12. The van der Waals surface area contributed by atoms with E-state index in [9.17, 15) is 5.11 Å². The molecule has 0 saturated carbocycles. The van der Waals surface area contributed by atoms with Gasteiger partial charge in [-0.05, 0) is 73.1 Å². The Morgan fingerprint density at radius 2 is 1.38 bits per heavy atom. The zero-order chi connectivity index (χ0) is 16.3. The topological polar surface area (TPSA) is 20.2 Å². The van der Waals surface area contributed by atoms with Crippen molar-refractivity contribution in [2.45, 2.75) is 78.7 Å². The van der Waals surface area contributed by atoms with E-state index in [1.165, 1.54) is 16.7 Å². The van der Waals surface area contributed by atoms with Crippen LogP contribution in [0.3, 0.4) is 0 Å². The van der Waals surface area contributed by atoms with Gasteiger partial charge < -0.3 is 5.11 Å². The molecule has 1 N–H and O–H groups in total. The smallest absolute Gasteiger partial charge is 0.0800 e. The van der Waals surface area contributed by atoms with E-state index in [0.717, 1.165) is 38.5 Å². The van der Waals surface area contributed by atoms with Gasteiger partial charge in [-0.15, -0.1) is 6.58 Å². The Labute approximate surface area is 132 Å². The van der Waals surface area contributed by atoms with Gasteiger partial charge >= 0.3 is 0 Å². The van der Waals surface area contributed by atoms with Crippen LogP contribution in [0.25, 0.3) is 0 Å². The van der Waals surface area contributed by atoms with Crippen molar-refractivity contribution >= 4 is 0 Å². The summed E-state index contributed by atoms with van der Waals surface area (Å²) in [4.78, 5) is 0. The van der Waals surface area contributed by atoms with E-state index in [4.69, 9.17) is 0 Å². The third-order valence-electron chi connectivity index (χ3n) is 3.71. The highest BCUT2D eigenvalue weighted by molar-refractivity contribution is 5.06. The third kappa shape index (κ3) is 12.4. The Morgan fingerprint density at radius 3 is 1.86 bits per heavy atom. The average Bonchev–Trinajstić information content (AvgIpc) is 2.38. The van der Waals surface area contributed by atoms with Crippen LogP contribution in [0.4, 0.5) is 0 Å². The van der Waals surface area contributed by atoms with Gasteiger partial charge in [-0.3, -0.25) is 0 Å². The molecule has 0 aliphatic carbocycles. The van der Waals surface area contributed by atoms with Crippen molar-refractivity contribution in [2.75, 3.05) is 0 Å². The Balaban J connectivity index is 3.99. The molecule has 0 amide bonds. The van der Waals surface area contributed by atoms with Gasteiger partial charge in [0.15, 0.2) is 0 Å². The minimum atomic E-state index is -0.738. The van der Waals surface area contributed by atoms with Crippen LogP contribution >= 0.6 is 0 Å². The lowest BCUT2D eigenvalue weighted by Gasteiger charge is -2.16. The summed E-state index contributed by atoms with van der Waals surface area (Å²) in [5.41, 5.74) is 3.55. The first kappa shape index (κ1) is 19.9. The molecule has 0 aromatic heterocycles. The van der Waals surface area contributed by atoms with Crippen molar-refractivity contribution < 1.29 is 5.11 Å². The third-order valence-corrected chi connectivity index (χ3v) is 3.71. The second-order valence-electron chi connectivity index (χ2n) is 6.56. The first-order valence-electron chi connectivity index (χ1n) is 8.07. The molecule has 0 saturated heterocycles. The van der Waals surface area contributed by atoms with E-state index >= 15 is 0 Å². The largest absolute Gasteiger partial charge is 0.386 e. The molecule has 1 unspecified atom stereocenters. The zero-order valence-corrected chi connectivity index (χ0v) is 14.7. The van der Waals surface area contributed by atoms with Crippen molar-refractivity contribution in [3.8, 4) is 0 Å². The fourth-order valence-corrected chi connectivity index (χ4v) is 2.05. The molecule has 0 aromatic carbocycles. The van der Waals surface area contributed by atoms with Crippen LogP contribution in [0.15, 0.2) is 47.6 Å². The van der Waals surface area contributed by atoms with Gasteiger partial charge in [0.1, 0.15) is 0 Å². The van der Waals surface area contributed by atoms with Gasteiger partial charge in [-0.25, -0.2) is 0 Å². The summed E-state index contributed by atoms with van der Waals surface area (Å²) in [7, 11) is 0. The molecule has 0 aliphatic heterocycles. The van der Waals surface area contributed by atoms with E-state index in [1.807, 2.05) is 6.92 Å². The highest BCUT2D eigenvalue weighted by Crippen LogP contribution is 2.16. The normalized spacial score (nSPS) is 15.5. The van der Waals surface area contributed by atoms with Crippen LogP contribution in [0.5, 0.6) is 0 Å². The summed E-state index contributed by atoms with van der Waals surface area (Å²) < 4.78 is 0. The van der Waals surface area contributed by atoms with Crippen LogP contribution < -0.4 is 0 Å². The molecule has 21 heavy (non-hydrogen) atoms. The molecule has 0 spiro atoms. The quantitative estimate of drug-likeness (QED) is 0.480. The van der Waals surface area contributed by atoms with E-state index in [-0.39, 0.29) is 0 Å². The SMILES string of the molecule is C=CC(C)(O)CC/C=C(\C)CC/C=C(/C)CCC=C(C)C. The first-order chi connectivity index (χ1) is 9.76. The number of hydrogen-bond acceptors (Lipinski definition) is 1. The molecule has 0 rings (SSSR count). The van der Waals surface area contributed by atoms with E-state index in [0.29, 0.717) is 0 Å². The minimum Gasteiger partial charge on any atom is -0.386 e. The Morgan fingerprint density at radius 1 is 0.905 bits per heavy atom. The number of allylic oxidation sites excluding steroid dienone is 6. The molecule has 0 radical (unpaired) electrons. The summed E-state index contributed by atoms with van der Waals surface area (Å²) in [5.74, 6) is 0. The molecule has 1 atom stereocenters. The highest BCUT2D eigenvalue weighted by atomic mass is 16.3.